The molecule has 0 radical (unpaired) electrons. The van der Waals surface area contributed by atoms with E-state index in [-0.39, 0.29) is 5.54 Å². The van der Waals surface area contributed by atoms with Crippen LogP contribution in [0, 0.1) is 0 Å². The molecule has 1 aromatic rings. The Morgan fingerprint density at radius 3 is 2.75 bits per heavy atom. The molecule has 0 aliphatic carbocycles. The minimum atomic E-state index is 0.269. The first-order valence-corrected chi connectivity index (χ1v) is 6.51. The number of anilines is 1. The molecule has 1 heterocycles. The molecule has 1 aliphatic rings. The summed E-state index contributed by atoms with van der Waals surface area (Å²) in [6.07, 6.45) is 1.19. The van der Waals surface area contributed by atoms with Crippen LogP contribution in [0.4, 0.5) is 5.69 Å². The molecule has 1 aliphatic heterocycles. The highest BCUT2D eigenvalue weighted by atomic mass is 79.9. The van der Waals surface area contributed by atoms with Crippen LogP contribution in [0.15, 0.2) is 28.7 Å². The van der Waals surface area contributed by atoms with Gasteiger partial charge in [0.1, 0.15) is 0 Å². The van der Waals surface area contributed by atoms with E-state index in [0.29, 0.717) is 6.04 Å². The van der Waals surface area contributed by atoms with E-state index in [9.17, 15) is 0 Å². The summed E-state index contributed by atoms with van der Waals surface area (Å²) in [4.78, 5) is 2.37. The summed E-state index contributed by atoms with van der Waals surface area (Å²) in [6.45, 7) is 5.60. The SMILES string of the molecule is CN(c1cccc(Br)c1)C1CNC(C)(C)C1. The summed E-state index contributed by atoms with van der Waals surface area (Å²) in [5, 5.41) is 3.56. The first kappa shape index (κ1) is 11.9. The van der Waals surface area contributed by atoms with Gasteiger partial charge in [-0.25, -0.2) is 0 Å². The second kappa shape index (κ2) is 4.38. The number of rotatable bonds is 2. The quantitative estimate of drug-likeness (QED) is 0.897. The van der Waals surface area contributed by atoms with Crippen molar-refractivity contribution in [3.63, 3.8) is 0 Å². The molecule has 1 saturated heterocycles. The van der Waals surface area contributed by atoms with Crippen LogP contribution in [-0.2, 0) is 0 Å². The third kappa shape index (κ3) is 2.58. The summed E-state index contributed by atoms with van der Waals surface area (Å²) in [5.41, 5.74) is 1.55. The van der Waals surface area contributed by atoms with Crippen molar-refractivity contribution in [2.45, 2.75) is 31.8 Å². The molecule has 1 N–H and O–H groups in total. The minimum absolute atomic E-state index is 0.269. The molecule has 2 rings (SSSR count). The van der Waals surface area contributed by atoms with Crippen LogP contribution in [0.3, 0.4) is 0 Å². The predicted octanol–water partition coefficient (Wildman–Crippen LogP) is 3.03. The molecule has 1 fully saturated rings. The van der Waals surface area contributed by atoms with Gasteiger partial charge in [0.15, 0.2) is 0 Å². The van der Waals surface area contributed by atoms with Crippen LogP contribution in [0.1, 0.15) is 20.3 Å². The van der Waals surface area contributed by atoms with Crippen LogP contribution in [0.25, 0.3) is 0 Å². The van der Waals surface area contributed by atoms with E-state index >= 15 is 0 Å². The highest BCUT2D eigenvalue weighted by Gasteiger charge is 2.32. The Hall–Kier alpha value is -0.540. The molecule has 1 aromatic carbocycles. The maximum Gasteiger partial charge on any atom is 0.0428 e. The zero-order valence-electron chi connectivity index (χ0n) is 10.1. The van der Waals surface area contributed by atoms with Crippen molar-refractivity contribution in [1.29, 1.82) is 0 Å². The van der Waals surface area contributed by atoms with Crippen molar-refractivity contribution in [2.24, 2.45) is 0 Å². The molecule has 1 atom stereocenters. The van der Waals surface area contributed by atoms with Gasteiger partial charge in [0.05, 0.1) is 0 Å². The highest BCUT2D eigenvalue weighted by Crippen LogP contribution is 2.26. The van der Waals surface area contributed by atoms with E-state index < -0.39 is 0 Å². The van der Waals surface area contributed by atoms with E-state index in [0.717, 1.165) is 11.0 Å². The van der Waals surface area contributed by atoms with Gasteiger partial charge in [-0.15, -0.1) is 0 Å². The first-order chi connectivity index (χ1) is 7.48. The lowest BCUT2D eigenvalue weighted by atomic mass is 10.0. The predicted molar refractivity (Wildman–Crippen MR) is 73.0 cm³/mol. The number of benzene rings is 1. The fraction of sp³-hybridized carbons (Fsp3) is 0.538. The average Bonchev–Trinajstić information content (AvgIpc) is 2.58. The average molecular weight is 283 g/mol. The Morgan fingerprint density at radius 2 is 2.19 bits per heavy atom. The maximum absolute atomic E-state index is 3.56. The van der Waals surface area contributed by atoms with E-state index in [1.54, 1.807) is 0 Å². The van der Waals surface area contributed by atoms with Gasteiger partial charge >= 0.3 is 0 Å². The van der Waals surface area contributed by atoms with Crippen LogP contribution >= 0.6 is 15.9 Å². The number of nitrogens with one attached hydrogen (secondary N) is 1. The van der Waals surface area contributed by atoms with Crippen molar-refractivity contribution in [2.75, 3.05) is 18.5 Å². The van der Waals surface area contributed by atoms with Gasteiger partial charge < -0.3 is 10.2 Å². The van der Waals surface area contributed by atoms with Crippen molar-refractivity contribution >= 4 is 21.6 Å². The Balaban J connectivity index is 2.11. The van der Waals surface area contributed by atoms with E-state index in [1.807, 2.05) is 0 Å². The molecule has 2 nitrogen and oxygen atoms in total. The second-order valence-corrected chi connectivity index (χ2v) is 6.13. The van der Waals surface area contributed by atoms with Crippen LogP contribution in [0.2, 0.25) is 0 Å². The first-order valence-electron chi connectivity index (χ1n) is 5.71. The van der Waals surface area contributed by atoms with Crippen LogP contribution in [-0.4, -0.2) is 25.2 Å². The Kier molecular flexibility index (Phi) is 3.27. The van der Waals surface area contributed by atoms with Gasteiger partial charge in [0.25, 0.3) is 0 Å². The number of hydrogen-bond donors (Lipinski definition) is 1. The summed E-state index contributed by atoms with van der Waals surface area (Å²) >= 11 is 3.52. The summed E-state index contributed by atoms with van der Waals surface area (Å²) < 4.78 is 1.14. The molecule has 1 unspecified atom stereocenters. The van der Waals surface area contributed by atoms with Crippen LogP contribution in [0.5, 0.6) is 0 Å². The molecular weight excluding hydrogens is 264 g/mol. The fourth-order valence-corrected chi connectivity index (χ4v) is 2.69. The lowest BCUT2D eigenvalue weighted by molar-refractivity contribution is 0.454. The molecular formula is C13H19BrN2. The van der Waals surface area contributed by atoms with Crippen molar-refractivity contribution in [1.82, 2.24) is 5.32 Å². The molecule has 0 aromatic heterocycles. The largest absolute Gasteiger partial charge is 0.370 e. The Morgan fingerprint density at radius 1 is 1.44 bits per heavy atom. The van der Waals surface area contributed by atoms with Crippen molar-refractivity contribution in [3.8, 4) is 0 Å². The monoisotopic (exact) mass is 282 g/mol. The summed E-state index contributed by atoms with van der Waals surface area (Å²) in [5.74, 6) is 0. The molecule has 0 saturated carbocycles. The lowest BCUT2D eigenvalue weighted by Crippen LogP contribution is -2.33. The number of hydrogen-bond acceptors (Lipinski definition) is 2. The van der Waals surface area contributed by atoms with Gasteiger partial charge in [-0.1, -0.05) is 22.0 Å². The van der Waals surface area contributed by atoms with E-state index in [4.69, 9.17) is 0 Å². The van der Waals surface area contributed by atoms with E-state index in [1.165, 1.54) is 12.1 Å². The van der Waals surface area contributed by atoms with Gasteiger partial charge in [0, 0.05) is 35.3 Å². The standard InChI is InChI=1S/C13H19BrN2/c1-13(2)8-12(9-15-13)16(3)11-6-4-5-10(14)7-11/h4-7,12,15H,8-9H2,1-3H3. The molecule has 0 bridgehead atoms. The molecule has 16 heavy (non-hydrogen) atoms. The zero-order valence-corrected chi connectivity index (χ0v) is 11.7. The van der Waals surface area contributed by atoms with Crippen LogP contribution < -0.4 is 10.2 Å². The summed E-state index contributed by atoms with van der Waals surface area (Å²) in [7, 11) is 2.18. The minimum Gasteiger partial charge on any atom is -0.370 e. The Labute approximate surface area is 106 Å². The van der Waals surface area contributed by atoms with Gasteiger partial charge in [-0.2, -0.15) is 0 Å². The summed E-state index contributed by atoms with van der Waals surface area (Å²) in [6, 6.07) is 9.07. The second-order valence-electron chi connectivity index (χ2n) is 5.21. The normalized spacial score (nSPS) is 23.4. The molecule has 88 valence electrons. The van der Waals surface area contributed by atoms with Crippen molar-refractivity contribution < 1.29 is 0 Å². The maximum atomic E-state index is 3.56. The number of likely N-dealkylation sites (N-methyl/N-ethyl adjacent to an activating group) is 1. The number of nitrogens with zero attached hydrogens (tertiary/aromatic N) is 1. The third-order valence-electron chi connectivity index (χ3n) is 3.33. The highest BCUT2D eigenvalue weighted by molar-refractivity contribution is 9.10. The number of halogens is 1. The van der Waals surface area contributed by atoms with Gasteiger partial charge in [-0.05, 0) is 38.5 Å². The smallest absolute Gasteiger partial charge is 0.0428 e. The third-order valence-corrected chi connectivity index (χ3v) is 3.82. The van der Waals surface area contributed by atoms with Gasteiger partial charge in [0.2, 0.25) is 0 Å². The topological polar surface area (TPSA) is 15.3 Å². The Bertz CT molecular complexity index is 376. The fourth-order valence-electron chi connectivity index (χ4n) is 2.31. The van der Waals surface area contributed by atoms with E-state index in [2.05, 4.69) is 71.3 Å². The molecule has 0 spiro atoms. The van der Waals surface area contributed by atoms with Crippen molar-refractivity contribution in [3.05, 3.63) is 28.7 Å². The molecule has 0 amide bonds. The zero-order chi connectivity index (χ0) is 11.8. The lowest BCUT2D eigenvalue weighted by Gasteiger charge is -2.27. The molecule has 3 heteroatoms. The van der Waals surface area contributed by atoms with Gasteiger partial charge in [-0.3, -0.25) is 0 Å².